The van der Waals surface area contributed by atoms with Crippen LogP contribution < -0.4 is 10.9 Å². The molecule has 3 aromatic carbocycles. The number of unbranched alkanes of at least 4 members (excludes halogenated alkanes) is 6. The number of rotatable bonds is 12. The summed E-state index contributed by atoms with van der Waals surface area (Å²) in [6.45, 7) is 4.44. The van der Waals surface area contributed by atoms with Gasteiger partial charge in [0, 0.05) is 25.9 Å². The van der Waals surface area contributed by atoms with Crippen molar-refractivity contribution in [2.24, 2.45) is 0 Å². The third-order valence-corrected chi connectivity index (χ3v) is 9.50. The Morgan fingerprint density at radius 1 is 0.605 bits per heavy atom. The van der Waals surface area contributed by atoms with E-state index in [0.717, 1.165) is 44.1 Å². The SMILES string of the molecule is CCCCCCSc1cccc2c(=O)c3cc4[nH]c5cccc(SCCCCCC)c5c(=O)c4cc3[nH]c12. The van der Waals surface area contributed by atoms with Crippen LogP contribution >= 0.6 is 23.5 Å². The van der Waals surface area contributed by atoms with E-state index in [1.54, 1.807) is 23.5 Å². The number of aromatic nitrogens is 2. The number of aromatic amines is 2. The molecule has 0 aliphatic heterocycles. The minimum absolute atomic E-state index is 0.00131. The van der Waals surface area contributed by atoms with Gasteiger partial charge in [-0.15, -0.1) is 23.5 Å². The first-order valence-corrected chi connectivity index (χ1v) is 15.9. The average molecular weight is 545 g/mol. The Morgan fingerprint density at radius 3 is 1.92 bits per heavy atom. The predicted molar refractivity (Wildman–Crippen MR) is 167 cm³/mol. The van der Waals surface area contributed by atoms with Crippen molar-refractivity contribution in [3.05, 3.63) is 69.0 Å². The van der Waals surface area contributed by atoms with Crippen molar-refractivity contribution in [2.45, 2.75) is 75.0 Å². The number of hydrogen-bond donors (Lipinski definition) is 2. The zero-order chi connectivity index (χ0) is 26.5. The molecular weight excluding hydrogens is 508 g/mol. The molecular formula is C32H36N2O2S2. The van der Waals surface area contributed by atoms with Gasteiger partial charge in [0.25, 0.3) is 0 Å². The topological polar surface area (TPSA) is 65.7 Å². The van der Waals surface area contributed by atoms with E-state index in [9.17, 15) is 9.59 Å². The van der Waals surface area contributed by atoms with Crippen LogP contribution in [0.1, 0.15) is 65.2 Å². The van der Waals surface area contributed by atoms with Crippen molar-refractivity contribution in [3.63, 3.8) is 0 Å². The molecule has 0 aliphatic carbocycles. The maximum Gasteiger partial charge on any atom is 0.198 e. The number of benzene rings is 3. The van der Waals surface area contributed by atoms with Crippen molar-refractivity contribution >= 4 is 67.1 Å². The van der Waals surface area contributed by atoms with E-state index >= 15 is 0 Å². The maximum atomic E-state index is 13.8. The van der Waals surface area contributed by atoms with Crippen LogP contribution in [0.5, 0.6) is 0 Å². The van der Waals surface area contributed by atoms with E-state index in [0.29, 0.717) is 27.2 Å². The number of fused-ring (bicyclic) bond motifs is 4. The molecule has 0 aliphatic rings. The van der Waals surface area contributed by atoms with Crippen LogP contribution in [0, 0.1) is 0 Å². The molecule has 4 nitrogen and oxygen atoms in total. The molecule has 38 heavy (non-hydrogen) atoms. The number of para-hydroxylation sites is 1. The average Bonchev–Trinajstić information content (AvgIpc) is 2.93. The van der Waals surface area contributed by atoms with E-state index in [1.165, 1.54) is 44.9 Å². The Balaban J connectivity index is 1.58. The molecule has 0 fully saturated rings. The Hall–Kier alpha value is -2.70. The first-order valence-electron chi connectivity index (χ1n) is 14.0. The number of nitrogens with one attached hydrogen (secondary N) is 2. The van der Waals surface area contributed by atoms with Crippen LogP contribution in [0.15, 0.2) is 67.9 Å². The summed E-state index contributed by atoms with van der Waals surface area (Å²) in [5, 5.41) is 2.65. The van der Waals surface area contributed by atoms with Crippen LogP contribution in [0.2, 0.25) is 0 Å². The first kappa shape index (κ1) is 26.9. The van der Waals surface area contributed by atoms with Gasteiger partial charge in [-0.05, 0) is 60.7 Å². The minimum Gasteiger partial charge on any atom is -0.354 e. The van der Waals surface area contributed by atoms with Gasteiger partial charge in [0.1, 0.15) is 0 Å². The molecule has 0 atom stereocenters. The van der Waals surface area contributed by atoms with Gasteiger partial charge in [0.15, 0.2) is 10.9 Å². The summed E-state index contributed by atoms with van der Waals surface area (Å²) in [5.74, 6) is 2.04. The van der Waals surface area contributed by atoms with Gasteiger partial charge >= 0.3 is 0 Å². The number of hydrogen-bond acceptors (Lipinski definition) is 4. The smallest absolute Gasteiger partial charge is 0.198 e. The van der Waals surface area contributed by atoms with E-state index in [-0.39, 0.29) is 10.9 Å². The highest BCUT2D eigenvalue weighted by Crippen LogP contribution is 2.30. The van der Waals surface area contributed by atoms with Crippen molar-refractivity contribution in [1.82, 2.24) is 9.97 Å². The largest absolute Gasteiger partial charge is 0.354 e. The Bertz CT molecular complexity index is 1700. The van der Waals surface area contributed by atoms with Crippen LogP contribution in [0.4, 0.5) is 0 Å². The third kappa shape index (κ3) is 5.52. The van der Waals surface area contributed by atoms with E-state index in [4.69, 9.17) is 0 Å². The molecule has 0 radical (unpaired) electrons. The summed E-state index contributed by atoms with van der Waals surface area (Å²) in [7, 11) is 0. The highest BCUT2D eigenvalue weighted by atomic mass is 32.2. The minimum atomic E-state index is 0.00131. The Labute approximate surface area is 232 Å². The lowest BCUT2D eigenvalue weighted by Gasteiger charge is -2.11. The van der Waals surface area contributed by atoms with Gasteiger partial charge in [0.05, 0.1) is 27.5 Å². The van der Waals surface area contributed by atoms with Crippen LogP contribution in [0.25, 0.3) is 43.6 Å². The molecule has 2 aromatic heterocycles. The van der Waals surface area contributed by atoms with Gasteiger partial charge in [-0.2, -0.15) is 0 Å². The second-order valence-electron chi connectivity index (χ2n) is 10.0. The molecule has 198 valence electrons. The summed E-state index contributed by atoms with van der Waals surface area (Å²) in [6, 6.07) is 15.7. The van der Waals surface area contributed by atoms with Gasteiger partial charge in [-0.1, -0.05) is 64.5 Å². The molecule has 0 amide bonds. The van der Waals surface area contributed by atoms with Gasteiger partial charge in [-0.3, -0.25) is 9.59 Å². The molecule has 0 bridgehead atoms. The lowest BCUT2D eigenvalue weighted by Crippen LogP contribution is -2.09. The third-order valence-electron chi connectivity index (χ3n) is 7.21. The number of H-pyrrole nitrogens is 2. The van der Waals surface area contributed by atoms with Crippen LogP contribution in [-0.4, -0.2) is 21.5 Å². The Kier molecular flexibility index (Phi) is 8.80. The lowest BCUT2D eigenvalue weighted by atomic mass is 10.1. The monoisotopic (exact) mass is 544 g/mol. The highest BCUT2D eigenvalue weighted by Gasteiger charge is 2.14. The second kappa shape index (κ2) is 12.4. The fraction of sp³-hybridized carbons (Fsp3) is 0.375. The number of thioether (sulfide) groups is 2. The van der Waals surface area contributed by atoms with Crippen molar-refractivity contribution in [3.8, 4) is 0 Å². The normalized spacial score (nSPS) is 11.8. The predicted octanol–water partition coefficient (Wildman–Crippen LogP) is 9.02. The number of pyridine rings is 2. The van der Waals surface area contributed by atoms with Crippen molar-refractivity contribution in [2.75, 3.05) is 11.5 Å². The zero-order valence-electron chi connectivity index (χ0n) is 22.3. The van der Waals surface area contributed by atoms with Crippen molar-refractivity contribution in [1.29, 1.82) is 0 Å². The van der Waals surface area contributed by atoms with Crippen LogP contribution in [0.3, 0.4) is 0 Å². The lowest BCUT2D eigenvalue weighted by molar-refractivity contribution is 0.706. The van der Waals surface area contributed by atoms with Crippen LogP contribution in [-0.2, 0) is 0 Å². The summed E-state index contributed by atoms with van der Waals surface area (Å²) < 4.78 is 0. The molecule has 0 saturated carbocycles. The molecule has 0 saturated heterocycles. The van der Waals surface area contributed by atoms with E-state index in [1.807, 2.05) is 42.5 Å². The standard InChI is InChI=1S/C32H36N2O2S2/c1-3-5-7-9-17-37-27-15-12-14-24-29(27)32(36)23-20-26-22(19-25(23)33-24)31(35)21-13-11-16-28(30(21)34-26)38-18-10-8-6-4-2/h11-16,19-20H,3-10,17-18H2,1-2H3,(H,33,36)(H,34,35). The van der Waals surface area contributed by atoms with Gasteiger partial charge < -0.3 is 9.97 Å². The molecule has 0 spiro atoms. The molecule has 6 heteroatoms. The molecule has 5 aromatic rings. The summed E-state index contributed by atoms with van der Waals surface area (Å²) in [5.41, 5.74) is 3.12. The Morgan fingerprint density at radius 2 is 1.21 bits per heavy atom. The van der Waals surface area contributed by atoms with Gasteiger partial charge in [0.2, 0.25) is 0 Å². The summed E-state index contributed by atoms with van der Waals surface area (Å²) in [4.78, 5) is 36.5. The molecule has 2 N–H and O–H groups in total. The molecule has 2 heterocycles. The van der Waals surface area contributed by atoms with Gasteiger partial charge in [-0.25, -0.2) is 0 Å². The fourth-order valence-electron chi connectivity index (χ4n) is 5.12. The van der Waals surface area contributed by atoms with Crippen molar-refractivity contribution < 1.29 is 0 Å². The molecule has 5 rings (SSSR count). The highest BCUT2D eigenvalue weighted by molar-refractivity contribution is 7.99. The maximum absolute atomic E-state index is 13.8. The molecule has 0 unspecified atom stereocenters. The zero-order valence-corrected chi connectivity index (χ0v) is 24.0. The first-order chi connectivity index (χ1) is 18.6. The van der Waals surface area contributed by atoms with E-state index < -0.39 is 0 Å². The van der Waals surface area contributed by atoms with E-state index in [2.05, 4.69) is 29.9 Å². The quantitative estimate of drug-likeness (QED) is 0.0934. The fourth-order valence-corrected chi connectivity index (χ4v) is 7.26. The second-order valence-corrected chi connectivity index (χ2v) is 12.3. The summed E-state index contributed by atoms with van der Waals surface area (Å²) in [6.07, 6.45) is 9.72. The summed E-state index contributed by atoms with van der Waals surface area (Å²) >= 11 is 3.56.